The van der Waals surface area contributed by atoms with Crippen molar-refractivity contribution in [1.29, 1.82) is 5.26 Å². The Bertz CT molecular complexity index is 500. The maximum atomic E-state index is 8.81. The Morgan fingerprint density at radius 2 is 2.28 bits per heavy atom. The molecule has 0 spiro atoms. The summed E-state index contributed by atoms with van der Waals surface area (Å²) in [4.78, 5) is 0. The van der Waals surface area contributed by atoms with E-state index in [-0.39, 0.29) is 11.5 Å². The number of hydrogen-bond donors (Lipinski definition) is 1. The summed E-state index contributed by atoms with van der Waals surface area (Å²) >= 11 is 0. The molecule has 2 aliphatic carbocycles. The van der Waals surface area contributed by atoms with Gasteiger partial charge in [0.1, 0.15) is 5.75 Å². The van der Waals surface area contributed by atoms with E-state index in [1.54, 1.807) is 0 Å². The Hall–Kier alpha value is -1.53. The molecule has 0 saturated heterocycles. The summed E-state index contributed by atoms with van der Waals surface area (Å²) in [7, 11) is 0. The first-order valence-corrected chi connectivity index (χ1v) is 6.61. The molecule has 1 unspecified atom stereocenters. The molecular formula is C15H18N2O. The summed E-state index contributed by atoms with van der Waals surface area (Å²) in [6.45, 7) is 0.673. The monoisotopic (exact) mass is 242 g/mol. The number of benzene rings is 1. The standard InChI is InChI=1S/C15H18N2O/c16-9-8-15(6-7-15)10-18-14-3-1-2-11-12(14)4-5-13(11)17/h1-3,13H,4-8,10,17H2. The molecule has 0 bridgehead atoms. The van der Waals surface area contributed by atoms with Gasteiger partial charge in [-0.05, 0) is 42.9 Å². The molecule has 0 aromatic heterocycles. The van der Waals surface area contributed by atoms with Crippen molar-refractivity contribution >= 4 is 0 Å². The van der Waals surface area contributed by atoms with E-state index in [9.17, 15) is 0 Å². The van der Waals surface area contributed by atoms with E-state index in [1.165, 1.54) is 11.1 Å². The third-order valence-electron chi connectivity index (χ3n) is 4.22. The largest absolute Gasteiger partial charge is 0.493 e. The molecule has 3 heteroatoms. The van der Waals surface area contributed by atoms with E-state index in [1.807, 2.05) is 12.1 Å². The first kappa shape index (κ1) is 11.6. The molecule has 1 aromatic carbocycles. The van der Waals surface area contributed by atoms with Crippen LogP contribution in [-0.4, -0.2) is 6.61 Å². The molecule has 1 fully saturated rings. The van der Waals surface area contributed by atoms with E-state index in [2.05, 4.69) is 12.1 Å². The van der Waals surface area contributed by atoms with Crippen LogP contribution in [0.15, 0.2) is 18.2 Å². The quantitative estimate of drug-likeness (QED) is 0.883. The highest BCUT2D eigenvalue weighted by atomic mass is 16.5. The summed E-state index contributed by atoms with van der Waals surface area (Å²) in [6.07, 6.45) is 4.88. The third kappa shape index (κ3) is 1.97. The first-order chi connectivity index (χ1) is 8.74. The van der Waals surface area contributed by atoms with Gasteiger partial charge < -0.3 is 10.5 Å². The fourth-order valence-electron chi connectivity index (χ4n) is 2.74. The third-order valence-corrected chi connectivity index (χ3v) is 4.22. The van der Waals surface area contributed by atoms with Gasteiger partial charge in [0.15, 0.2) is 0 Å². The Balaban J connectivity index is 1.73. The smallest absolute Gasteiger partial charge is 0.122 e. The van der Waals surface area contributed by atoms with Gasteiger partial charge in [0.2, 0.25) is 0 Å². The minimum absolute atomic E-state index is 0.137. The van der Waals surface area contributed by atoms with Crippen molar-refractivity contribution in [2.45, 2.75) is 38.1 Å². The molecule has 18 heavy (non-hydrogen) atoms. The lowest BCUT2D eigenvalue weighted by Gasteiger charge is -2.15. The highest BCUT2D eigenvalue weighted by Gasteiger charge is 2.43. The van der Waals surface area contributed by atoms with Gasteiger partial charge in [-0.2, -0.15) is 5.26 Å². The molecule has 1 aromatic rings. The van der Waals surface area contributed by atoms with Crippen molar-refractivity contribution in [2.75, 3.05) is 6.61 Å². The van der Waals surface area contributed by atoms with Crippen LogP contribution in [0.5, 0.6) is 5.75 Å². The molecule has 2 aliphatic rings. The first-order valence-electron chi connectivity index (χ1n) is 6.61. The summed E-state index contributed by atoms with van der Waals surface area (Å²) < 4.78 is 5.97. The molecule has 3 nitrogen and oxygen atoms in total. The molecule has 94 valence electrons. The van der Waals surface area contributed by atoms with Crippen molar-refractivity contribution < 1.29 is 4.74 Å². The number of ether oxygens (including phenoxy) is 1. The molecule has 0 aliphatic heterocycles. The fourth-order valence-corrected chi connectivity index (χ4v) is 2.74. The molecule has 2 N–H and O–H groups in total. The van der Waals surface area contributed by atoms with Crippen molar-refractivity contribution in [3.8, 4) is 11.8 Å². The van der Waals surface area contributed by atoms with Gasteiger partial charge in [0, 0.05) is 17.9 Å². The van der Waals surface area contributed by atoms with Crippen LogP contribution in [0, 0.1) is 16.7 Å². The number of nitriles is 1. The average Bonchev–Trinajstić information content (AvgIpc) is 3.04. The van der Waals surface area contributed by atoms with Crippen LogP contribution in [0.1, 0.15) is 42.9 Å². The number of nitrogens with two attached hydrogens (primary N) is 1. The summed E-state index contributed by atoms with van der Waals surface area (Å²) in [6, 6.07) is 8.57. The minimum Gasteiger partial charge on any atom is -0.493 e. The zero-order valence-electron chi connectivity index (χ0n) is 10.5. The van der Waals surface area contributed by atoms with Crippen LogP contribution >= 0.6 is 0 Å². The Labute approximate surface area is 108 Å². The van der Waals surface area contributed by atoms with Gasteiger partial charge in [-0.15, -0.1) is 0 Å². The van der Waals surface area contributed by atoms with Crippen LogP contribution < -0.4 is 10.5 Å². The number of hydrogen-bond acceptors (Lipinski definition) is 3. The summed E-state index contributed by atoms with van der Waals surface area (Å²) in [5, 5.41) is 8.81. The van der Waals surface area contributed by atoms with Crippen LogP contribution in [-0.2, 0) is 6.42 Å². The predicted octanol–water partition coefficient (Wildman–Crippen LogP) is 2.71. The maximum Gasteiger partial charge on any atom is 0.122 e. The van der Waals surface area contributed by atoms with Gasteiger partial charge in [-0.3, -0.25) is 0 Å². The van der Waals surface area contributed by atoms with Crippen LogP contribution in [0.2, 0.25) is 0 Å². The van der Waals surface area contributed by atoms with Crippen LogP contribution in [0.3, 0.4) is 0 Å². The molecule has 0 amide bonds. The lowest BCUT2D eigenvalue weighted by atomic mass is 10.0. The lowest BCUT2D eigenvalue weighted by Crippen LogP contribution is -2.13. The van der Waals surface area contributed by atoms with Crippen molar-refractivity contribution in [3.05, 3.63) is 29.3 Å². The van der Waals surface area contributed by atoms with E-state index >= 15 is 0 Å². The van der Waals surface area contributed by atoms with E-state index < -0.39 is 0 Å². The van der Waals surface area contributed by atoms with Crippen molar-refractivity contribution in [3.63, 3.8) is 0 Å². The second-order valence-electron chi connectivity index (χ2n) is 5.59. The van der Waals surface area contributed by atoms with Gasteiger partial charge in [-0.1, -0.05) is 12.1 Å². The minimum atomic E-state index is 0.137. The molecule has 1 atom stereocenters. The molecule has 0 radical (unpaired) electrons. The van der Waals surface area contributed by atoms with Crippen molar-refractivity contribution in [2.24, 2.45) is 11.1 Å². The second kappa shape index (κ2) is 4.29. The molecule has 3 rings (SSSR count). The molecule has 1 saturated carbocycles. The van der Waals surface area contributed by atoms with E-state index in [0.29, 0.717) is 13.0 Å². The van der Waals surface area contributed by atoms with Gasteiger partial charge in [0.05, 0.1) is 12.7 Å². The zero-order valence-corrected chi connectivity index (χ0v) is 10.5. The summed E-state index contributed by atoms with van der Waals surface area (Å²) in [5.41, 5.74) is 8.71. The zero-order chi connectivity index (χ0) is 12.6. The van der Waals surface area contributed by atoms with Crippen molar-refractivity contribution in [1.82, 2.24) is 0 Å². The number of rotatable bonds is 4. The highest BCUT2D eigenvalue weighted by Crippen LogP contribution is 2.49. The number of fused-ring (bicyclic) bond motifs is 1. The van der Waals surface area contributed by atoms with E-state index in [4.69, 9.17) is 15.7 Å². The topological polar surface area (TPSA) is 59.0 Å². The van der Waals surface area contributed by atoms with E-state index in [0.717, 1.165) is 31.4 Å². The Kier molecular flexibility index (Phi) is 2.76. The van der Waals surface area contributed by atoms with Crippen LogP contribution in [0.25, 0.3) is 0 Å². The van der Waals surface area contributed by atoms with Crippen LogP contribution in [0.4, 0.5) is 0 Å². The van der Waals surface area contributed by atoms with Gasteiger partial charge in [-0.25, -0.2) is 0 Å². The normalized spacial score (nSPS) is 23.2. The summed E-state index contributed by atoms with van der Waals surface area (Å²) in [5.74, 6) is 0.977. The van der Waals surface area contributed by atoms with Gasteiger partial charge >= 0.3 is 0 Å². The predicted molar refractivity (Wildman–Crippen MR) is 69.1 cm³/mol. The molecular weight excluding hydrogens is 224 g/mol. The van der Waals surface area contributed by atoms with Gasteiger partial charge in [0.25, 0.3) is 0 Å². The lowest BCUT2D eigenvalue weighted by molar-refractivity contribution is 0.235. The molecule has 0 heterocycles. The Morgan fingerprint density at radius 1 is 1.44 bits per heavy atom. The number of nitrogens with zero attached hydrogens (tertiary/aromatic N) is 1. The Morgan fingerprint density at radius 3 is 3.00 bits per heavy atom. The SMILES string of the molecule is N#CCC1(COc2cccc3c2CCC3N)CC1. The average molecular weight is 242 g/mol. The fraction of sp³-hybridized carbons (Fsp3) is 0.533. The maximum absolute atomic E-state index is 8.81. The highest BCUT2D eigenvalue weighted by molar-refractivity contribution is 5.45. The second-order valence-corrected chi connectivity index (χ2v) is 5.59.